The molecule has 0 saturated heterocycles. The van der Waals surface area contributed by atoms with Gasteiger partial charge in [0, 0.05) is 23.7 Å². The largest absolute Gasteiger partial charge is 0.507 e. The molecule has 5 heteroatoms. The minimum Gasteiger partial charge on any atom is -0.507 e. The molecule has 0 saturated carbocycles. The van der Waals surface area contributed by atoms with Gasteiger partial charge in [0.05, 0.1) is 5.56 Å². The number of hydrogen-bond acceptors (Lipinski definition) is 3. The number of phenolic OH excluding ortho intramolecular Hbond substituents is 1. The molecule has 4 nitrogen and oxygen atoms in total. The van der Waals surface area contributed by atoms with Crippen molar-refractivity contribution in [2.45, 2.75) is 0 Å². The zero-order valence-electron chi connectivity index (χ0n) is 8.40. The van der Waals surface area contributed by atoms with Gasteiger partial charge >= 0.3 is 0 Å². The van der Waals surface area contributed by atoms with E-state index in [0.717, 1.165) is 3.57 Å². The number of nitrogens with two attached hydrogens (primary N) is 1. The average molecular weight is 320 g/mol. The maximum absolute atomic E-state index is 11.8. The fraction of sp³-hybridized carbons (Fsp3) is 0.300. The van der Waals surface area contributed by atoms with Gasteiger partial charge in [-0.2, -0.15) is 0 Å². The van der Waals surface area contributed by atoms with Crippen LogP contribution in [0.5, 0.6) is 5.75 Å². The van der Waals surface area contributed by atoms with Crippen LogP contribution in [-0.2, 0) is 0 Å². The van der Waals surface area contributed by atoms with E-state index >= 15 is 0 Å². The Bertz CT molecular complexity index is 368. The number of benzene rings is 1. The van der Waals surface area contributed by atoms with Crippen molar-refractivity contribution in [2.24, 2.45) is 5.73 Å². The van der Waals surface area contributed by atoms with Gasteiger partial charge in [-0.15, -0.1) is 0 Å². The summed E-state index contributed by atoms with van der Waals surface area (Å²) in [6.07, 6.45) is 0. The van der Waals surface area contributed by atoms with E-state index < -0.39 is 0 Å². The van der Waals surface area contributed by atoms with Crippen LogP contribution in [0.4, 0.5) is 0 Å². The lowest BCUT2D eigenvalue weighted by atomic mass is 10.2. The lowest BCUT2D eigenvalue weighted by molar-refractivity contribution is 0.0796. The summed E-state index contributed by atoms with van der Waals surface area (Å²) < 4.78 is 0.912. The Morgan fingerprint density at radius 1 is 1.60 bits per heavy atom. The molecule has 0 aromatic heterocycles. The molecule has 0 heterocycles. The minimum absolute atomic E-state index is 0.00397. The van der Waals surface area contributed by atoms with Crippen molar-refractivity contribution in [2.75, 3.05) is 20.1 Å². The van der Waals surface area contributed by atoms with Crippen molar-refractivity contribution < 1.29 is 9.90 Å². The third kappa shape index (κ3) is 3.07. The number of halogens is 1. The van der Waals surface area contributed by atoms with E-state index in [1.807, 2.05) is 0 Å². The summed E-state index contributed by atoms with van der Waals surface area (Å²) in [6.45, 7) is 0.886. The molecule has 82 valence electrons. The second-order valence-electron chi connectivity index (χ2n) is 3.18. The lowest BCUT2D eigenvalue weighted by Gasteiger charge is -2.16. The number of hydrogen-bond donors (Lipinski definition) is 2. The monoisotopic (exact) mass is 320 g/mol. The first-order valence-corrected chi connectivity index (χ1v) is 5.58. The van der Waals surface area contributed by atoms with Crippen LogP contribution < -0.4 is 5.73 Å². The summed E-state index contributed by atoms with van der Waals surface area (Å²) in [6, 6.07) is 4.92. The maximum atomic E-state index is 11.8. The molecular weight excluding hydrogens is 307 g/mol. The fourth-order valence-corrected chi connectivity index (χ4v) is 1.67. The molecule has 0 atom stereocenters. The van der Waals surface area contributed by atoms with Gasteiger partial charge < -0.3 is 15.7 Å². The molecule has 0 radical (unpaired) electrons. The van der Waals surface area contributed by atoms with Crippen molar-refractivity contribution in [1.29, 1.82) is 0 Å². The quantitative estimate of drug-likeness (QED) is 0.818. The molecule has 0 aliphatic carbocycles. The highest BCUT2D eigenvalue weighted by Crippen LogP contribution is 2.20. The fourth-order valence-electron chi connectivity index (χ4n) is 1.18. The van der Waals surface area contributed by atoms with Crippen LogP contribution in [0, 0.1) is 3.57 Å². The van der Waals surface area contributed by atoms with Crippen LogP contribution in [-0.4, -0.2) is 36.1 Å². The van der Waals surface area contributed by atoms with E-state index in [-0.39, 0.29) is 11.7 Å². The van der Waals surface area contributed by atoms with Crippen LogP contribution in [0.25, 0.3) is 0 Å². The van der Waals surface area contributed by atoms with Gasteiger partial charge in [-0.05, 0) is 40.8 Å². The number of carbonyl (C=O) groups excluding carboxylic acids is 1. The molecular formula is C10H13IN2O2. The van der Waals surface area contributed by atoms with Gasteiger partial charge in [-0.25, -0.2) is 0 Å². The third-order valence-corrected chi connectivity index (χ3v) is 2.67. The highest BCUT2D eigenvalue weighted by Gasteiger charge is 2.15. The van der Waals surface area contributed by atoms with Crippen molar-refractivity contribution in [3.63, 3.8) is 0 Å². The molecule has 0 fully saturated rings. The summed E-state index contributed by atoms with van der Waals surface area (Å²) in [5.41, 5.74) is 5.67. The predicted octanol–water partition coefficient (Wildman–Crippen LogP) is 1.03. The van der Waals surface area contributed by atoms with Crippen molar-refractivity contribution in [3.8, 4) is 5.75 Å². The number of nitrogens with zero attached hydrogens (tertiary/aromatic N) is 1. The molecule has 0 aliphatic heterocycles. The second kappa shape index (κ2) is 5.32. The van der Waals surface area contributed by atoms with Crippen LogP contribution >= 0.6 is 22.6 Å². The first-order valence-electron chi connectivity index (χ1n) is 4.50. The number of amides is 1. The third-order valence-electron chi connectivity index (χ3n) is 2.00. The Morgan fingerprint density at radius 2 is 2.27 bits per heavy atom. The number of aromatic hydroxyl groups is 1. The summed E-state index contributed by atoms with van der Waals surface area (Å²) >= 11 is 2.09. The van der Waals surface area contributed by atoms with Gasteiger partial charge in [0.15, 0.2) is 0 Å². The zero-order valence-corrected chi connectivity index (χ0v) is 10.6. The van der Waals surface area contributed by atoms with Gasteiger partial charge in [-0.3, -0.25) is 4.79 Å². The smallest absolute Gasteiger partial charge is 0.257 e. The van der Waals surface area contributed by atoms with E-state index in [0.29, 0.717) is 18.7 Å². The number of rotatable bonds is 3. The summed E-state index contributed by atoms with van der Waals surface area (Å²) in [5.74, 6) is -0.208. The molecule has 0 aliphatic rings. The molecule has 1 aromatic carbocycles. The number of likely N-dealkylation sites (N-methyl/N-ethyl adjacent to an activating group) is 1. The highest BCUT2D eigenvalue weighted by atomic mass is 127. The SMILES string of the molecule is CN(CCN)C(=O)c1cc(I)ccc1O. The van der Waals surface area contributed by atoms with Crippen molar-refractivity contribution in [3.05, 3.63) is 27.3 Å². The topological polar surface area (TPSA) is 66.6 Å². The van der Waals surface area contributed by atoms with Gasteiger partial charge in [0.1, 0.15) is 5.75 Å². The van der Waals surface area contributed by atoms with Gasteiger partial charge in [-0.1, -0.05) is 0 Å². The molecule has 0 spiro atoms. The Balaban J connectivity index is 2.95. The lowest BCUT2D eigenvalue weighted by Crippen LogP contribution is -2.31. The zero-order chi connectivity index (χ0) is 11.4. The Kier molecular flexibility index (Phi) is 4.34. The summed E-state index contributed by atoms with van der Waals surface area (Å²) in [5, 5.41) is 9.54. The molecule has 1 amide bonds. The van der Waals surface area contributed by atoms with Crippen LogP contribution in [0.1, 0.15) is 10.4 Å². The van der Waals surface area contributed by atoms with Crippen molar-refractivity contribution in [1.82, 2.24) is 4.90 Å². The van der Waals surface area contributed by atoms with E-state index in [1.54, 1.807) is 19.2 Å². The molecule has 0 unspecified atom stereocenters. The second-order valence-corrected chi connectivity index (χ2v) is 4.42. The van der Waals surface area contributed by atoms with Gasteiger partial charge in [0.2, 0.25) is 0 Å². The number of phenols is 1. The van der Waals surface area contributed by atoms with E-state index in [4.69, 9.17) is 5.73 Å². The Labute approximate surface area is 102 Å². The normalized spacial score (nSPS) is 10.1. The standard InChI is InChI=1S/C10H13IN2O2/c1-13(5-4-12)10(15)8-6-7(11)2-3-9(8)14/h2-3,6,14H,4-5,12H2,1H3. The van der Waals surface area contributed by atoms with Crippen LogP contribution in [0.3, 0.4) is 0 Å². The first-order chi connectivity index (χ1) is 7.06. The summed E-state index contributed by atoms with van der Waals surface area (Å²) in [4.78, 5) is 13.3. The van der Waals surface area contributed by atoms with Crippen LogP contribution in [0.15, 0.2) is 18.2 Å². The van der Waals surface area contributed by atoms with E-state index in [9.17, 15) is 9.90 Å². The minimum atomic E-state index is -0.212. The molecule has 0 bridgehead atoms. The molecule has 15 heavy (non-hydrogen) atoms. The van der Waals surface area contributed by atoms with Crippen molar-refractivity contribution >= 4 is 28.5 Å². The maximum Gasteiger partial charge on any atom is 0.257 e. The Hall–Kier alpha value is -0.820. The van der Waals surface area contributed by atoms with Crippen LogP contribution in [0.2, 0.25) is 0 Å². The average Bonchev–Trinajstić information content (AvgIpc) is 2.21. The number of carbonyl (C=O) groups is 1. The highest BCUT2D eigenvalue weighted by molar-refractivity contribution is 14.1. The summed E-state index contributed by atoms with van der Waals surface area (Å²) in [7, 11) is 1.66. The predicted molar refractivity (Wildman–Crippen MR) is 66.8 cm³/mol. The Morgan fingerprint density at radius 3 is 2.87 bits per heavy atom. The first kappa shape index (κ1) is 12.3. The molecule has 3 N–H and O–H groups in total. The van der Waals surface area contributed by atoms with Gasteiger partial charge in [0.25, 0.3) is 5.91 Å². The molecule has 1 rings (SSSR count). The van der Waals surface area contributed by atoms with E-state index in [2.05, 4.69) is 22.6 Å². The molecule has 1 aromatic rings. The van der Waals surface area contributed by atoms with E-state index in [1.165, 1.54) is 11.0 Å².